The number of rotatable bonds is 6. The molecule has 2 aliphatic rings. The fourth-order valence-electron chi connectivity index (χ4n) is 3.92. The van der Waals surface area contributed by atoms with Crippen molar-refractivity contribution in [1.29, 1.82) is 0 Å². The molecule has 34 heavy (non-hydrogen) atoms. The van der Waals surface area contributed by atoms with Gasteiger partial charge in [0.15, 0.2) is 5.11 Å². The number of amides is 4. The van der Waals surface area contributed by atoms with Gasteiger partial charge in [0.1, 0.15) is 17.1 Å². The molecule has 1 N–H and O–H groups in total. The Morgan fingerprint density at radius 3 is 2.09 bits per heavy atom. The molecule has 0 aromatic heterocycles. The third-order valence-electron chi connectivity index (χ3n) is 5.64. The summed E-state index contributed by atoms with van der Waals surface area (Å²) in [7, 11) is 2.90. The molecule has 2 heterocycles. The van der Waals surface area contributed by atoms with E-state index in [-0.39, 0.29) is 17.2 Å². The van der Waals surface area contributed by atoms with Gasteiger partial charge in [-0.05, 0) is 43.4 Å². The van der Waals surface area contributed by atoms with E-state index in [0.717, 1.165) is 4.90 Å². The highest BCUT2D eigenvalue weighted by Crippen LogP contribution is 2.34. The van der Waals surface area contributed by atoms with Crippen LogP contribution in [-0.4, -0.2) is 59.3 Å². The summed E-state index contributed by atoms with van der Waals surface area (Å²) < 4.78 is 10.9. The number of methoxy groups -OCH3 is 2. The highest BCUT2D eigenvalue weighted by atomic mass is 32.1. The van der Waals surface area contributed by atoms with Gasteiger partial charge in [-0.15, -0.1) is 0 Å². The minimum Gasteiger partial charge on any atom is -0.496 e. The van der Waals surface area contributed by atoms with Crippen LogP contribution in [0.4, 0.5) is 0 Å². The SMILES string of the molecule is CCN1C(=O)C(=Cc2cc(CN3C(=O)c4ccccc4C3=O)c(OC)cc2OC)C(=O)NC1=S. The van der Waals surface area contributed by atoms with Gasteiger partial charge in [0.05, 0.1) is 31.9 Å². The molecule has 0 radical (unpaired) electrons. The van der Waals surface area contributed by atoms with E-state index >= 15 is 0 Å². The predicted octanol–water partition coefficient (Wildman–Crippen LogP) is 2.15. The van der Waals surface area contributed by atoms with Crippen molar-refractivity contribution in [2.24, 2.45) is 0 Å². The number of carbonyl (C=O) groups is 4. The van der Waals surface area contributed by atoms with Gasteiger partial charge < -0.3 is 9.47 Å². The van der Waals surface area contributed by atoms with Crippen molar-refractivity contribution in [2.75, 3.05) is 20.8 Å². The summed E-state index contributed by atoms with van der Waals surface area (Å²) in [6.45, 7) is 1.97. The summed E-state index contributed by atoms with van der Waals surface area (Å²) in [4.78, 5) is 53.4. The molecule has 2 aromatic rings. The molecule has 0 bridgehead atoms. The standard InChI is InChI=1S/C24H21N3O6S/c1-4-26-23(31)17(20(28)25-24(26)34)10-13-9-14(19(33-3)11-18(13)32-2)12-27-21(29)15-7-5-6-8-16(15)22(27)30/h5-11H,4,12H2,1-3H3,(H,25,28,34). The first-order valence-corrected chi connectivity index (χ1v) is 10.8. The van der Waals surface area contributed by atoms with Crippen molar-refractivity contribution >= 4 is 47.0 Å². The van der Waals surface area contributed by atoms with Gasteiger partial charge in [-0.25, -0.2) is 0 Å². The number of thiocarbonyl (C=S) groups is 1. The number of nitrogens with one attached hydrogen (secondary N) is 1. The van der Waals surface area contributed by atoms with Gasteiger partial charge in [-0.3, -0.25) is 34.3 Å². The Labute approximate surface area is 200 Å². The van der Waals surface area contributed by atoms with Crippen LogP contribution in [0, 0.1) is 0 Å². The summed E-state index contributed by atoms with van der Waals surface area (Å²) in [5, 5.41) is 2.55. The summed E-state index contributed by atoms with van der Waals surface area (Å²) >= 11 is 5.07. The lowest BCUT2D eigenvalue weighted by molar-refractivity contribution is -0.128. The molecule has 2 aromatic carbocycles. The second-order valence-corrected chi connectivity index (χ2v) is 7.90. The number of ether oxygens (including phenoxy) is 2. The highest BCUT2D eigenvalue weighted by Gasteiger charge is 2.36. The zero-order valence-corrected chi connectivity index (χ0v) is 19.5. The van der Waals surface area contributed by atoms with Crippen molar-refractivity contribution in [3.8, 4) is 11.5 Å². The molecule has 4 amide bonds. The van der Waals surface area contributed by atoms with Crippen LogP contribution in [0.25, 0.3) is 6.08 Å². The van der Waals surface area contributed by atoms with Crippen LogP contribution < -0.4 is 14.8 Å². The molecule has 1 saturated heterocycles. The molecule has 2 aliphatic heterocycles. The van der Waals surface area contributed by atoms with Crippen LogP contribution in [0.3, 0.4) is 0 Å². The zero-order chi connectivity index (χ0) is 24.6. The fourth-order valence-corrected chi connectivity index (χ4v) is 4.22. The van der Waals surface area contributed by atoms with Crippen molar-refractivity contribution in [3.05, 3.63) is 64.2 Å². The molecule has 0 atom stereocenters. The quantitative estimate of drug-likeness (QED) is 0.293. The number of nitrogens with zero attached hydrogens (tertiary/aromatic N) is 2. The number of hydrogen-bond acceptors (Lipinski definition) is 7. The van der Waals surface area contributed by atoms with Crippen LogP contribution in [0.2, 0.25) is 0 Å². The van der Waals surface area contributed by atoms with Crippen molar-refractivity contribution in [1.82, 2.24) is 15.1 Å². The van der Waals surface area contributed by atoms with Crippen LogP contribution in [0.15, 0.2) is 42.0 Å². The van der Waals surface area contributed by atoms with E-state index in [1.165, 1.54) is 25.2 Å². The first-order valence-electron chi connectivity index (χ1n) is 10.4. The molecule has 174 valence electrons. The zero-order valence-electron chi connectivity index (χ0n) is 18.7. The lowest BCUT2D eigenvalue weighted by atomic mass is 10.0. The van der Waals surface area contributed by atoms with Crippen LogP contribution in [0.5, 0.6) is 11.5 Å². The number of likely N-dealkylation sites (N-methyl/N-ethyl adjacent to an activating group) is 1. The van der Waals surface area contributed by atoms with E-state index in [4.69, 9.17) is 21.7 Å². The molecule has 1 fully saturated rings. The molecular formula is C24H21N3O6S. The van der Waals surface area contributed by atoms with Crippen molar-refractivity contribution in [2.45, 2.75) is 13.5 Å². The molecule has 0 unspecified atom stereocenters. The molecule has 4 rings (SSSR count). The second kappa shape index (κ2) is 9.06. The van der Waals surface area contributed by atoms with Gasteiger partial charge in [-0.1, -0.05) is 12.1 Å². The van der Waals surface area contributed by atoms with Gasteiger partial charge in [0.2, 0.25) is 0 Å². The Hall–Kier alpha value is -4.05. The number of benzene rings is 2. The monoisotopic (exact) mass is 479 g/mol. The minimum absolute atomic E-state index is 0.0441. The number of imide groups is 1. The maximum absolute atomic E-state index is 12.8. The normalized spacial score (nSPS) is 16.8. The molecule has 0 spiro atoms. The van der Waals surface area contributed by atoms with Gasteiger partial charge in [-0.2, -0.15) is 0 Å². The summed E-state index contributed by atoms with van der Waals surface area (Å²) in [5.41, 5.74) is 1.45. The lowest BCUT2D eigenvalue weighted by Gasteiger charge is -2.27. The lowest BCUT2D eigenvalue weighted by Crippen LogP contribution is -2.53. The number of fused-ring (bicyclic) bond motifs is 1. The third kappa shape index (κ3) is 3.81. The van der Waals surface area contributed by atoms with Crippen LogP contribution in [-0.2, 0) is 16.1 Å². The number of carbonyl (C=O) groups excluding carboxylic acids is 4. The van der Waals surface area contributed by atoms with Gasteiger partial charge in [0, 0.05) is 23.7 Å². The molecular weight excluding hydrogens is 458 g/mol. The van der Waals surface area contributed by atoms with Gasteiger partial charge in [0.25, 0.3) is 23.6 Å². The largest absolute Gasteiger partial charge is 0.496 e. The maximum Gasteiger partial charge on any atom is 0.265 e. The molecule has 0 aliphatic carbocycles. The van der Waals surface area contributed by atoms with E-state index in [0.29, 0.717) is 40.3 Å². The summed E-state index contributed by atoms with van der Waals surface area (Å²) in [5.74, 6) is -1.26. The smallest absolute Gasteiger partial charge is 0.265 e. The van der Waals surface area contributed by atoms with E-state index in [2.05, 4.69) is 5.32 Å². The first kappa shape index (κ1) is 23.1. The van der Waals surface area contributed by atoms with Crippen molar-refractivity contribution < 1.29 is 28.7 Å². The maximum atomic E-state index is 12.8. The van der Waals surface area contributed by atoms with Crippen molar-refractivity contribution in [3.63, 3.8) is 0 Å². The van der Waals surface area contributed by atoms with E-state index in [1.54, 1.807) is 43.3 Å². The average molecular weight is 480 g/mol. The molecule has 9 nitrogen and oxygen atoms in total. The van der Waals surface area contributed by atoms with E-state index < -0.39 is 23.6 Å². The molecule has 0 saturated carbocycles. The average Bonchev–Trinajstić information content (AvgIpc) is 3.07. The third-order valence-corrected chi connectivity index (χ3v) is 5.96. The Bertz CT molecular complexity index is 1250. The van der Waals surface area contributed by atoms with Gasteiger partial charge >= 0.3 is 0 Å². The topological polar surface area (TPSA) is 105 Å². The van der Waals surface area contributed by atoms with E-state index in [9.17, 15) is 19.2 Å². The fraction of sp³-hybridized carbons (Fsp3) is 0.208. The predicted molar refractivity (Wildman–Crippen MR) is 126 cm³/mol. The van der Waals surface area contributed by atoms with Crippen LogP contribution in [0.1, 0.15) is 38.8 Å². The second-order valence-electron chi connectivity index (χ2n) is 7.51. The highest BCUT2D eigenvalue weighted by molar-refractivity contribution is 7.80. The summed E-state index contributed by atoms with van der Waals surface area (Å²) in [6, 6.07) is 9.81. The Morgan fingerprint density at radius 2 is 1.53 bits per heavy atom. The molecule has 10 heteroatoms. The summed E-state index contributed by atoms with van der Waals surface area (Å²) in [6.07, 6.45) is 1.40. The first-order chi connectivity index (χ1) is 16.3. The minimum atomic E-state index is -0.625. The van der Waals surface area contributed by atoms with E-state index in [1.807, 2.05) is 0 Å². The Kier molecular flexibility index (Phi) is 6.16. The Balaban J connectivity index is 1.75. The Morgan fingerprint density at radius 1 is 0.912 bits per heavy atom. The van der Waals surface area contributed by atoms with Crippen LogP contribution >= 0.6 is 12.2 Å². The number of hydrogen-bond donors (Lipinski definition) is 1.